The summed E-state index contributed by atoms with van der Waals surface area (Å²) in [7, 11) is 0. The lowest BCUT2D eigenvalue weighted by Gasteiger charge is -1.98. The van der Waals surface area contributed by atoms with Crippen molar-refractivity contribution in [3.8, 4) is 0 Å². The molecule has 0 radical (unpaired) electrons. The van der Waals surface area contributed by atoms with E-state index in [1.807, 2.05) is 35.7 Å². The highest BCUT2D eigenvalue weighted by Crippen LogP contribution is 2.18. The minimum absolute atomic E-state index is 0.885. The molecule has 0 unspecified atom stereocenters. The van der Waals surface area contributed by atoms with Crippen LogP contribution in [0.4, 0.5) is 0 Å². The fourth-order valence-corrected chi connectivity index (χ4v) is 1.87. The zero-order valence-corrected chi connectivity index (χ0v) is 8.79. The van der Waals surface area contributed by atoms with Crippen LogP contribution in [0.1, 0.15) is 6.92 Å². The zero-order chi connectivity index (χ0) is 9.97. The lowest BCUT2D eigenvalue weighted by Crippen LogP contribution is -1.87. The minimum Gasteiger partial charge on any atom is -0.277 e. The molecule has 4 heteroatoms. The number of aromatic nitrogens is 3. The number of thioether (sulfide) groups is 1. The molecule has 2 rings (SSSR count). The van der Waals surface area contributed by atoms with Gasteiger partial charge < -0.3 is 0 Å². The number of fused-ring (bicyclic) bond motifs is 1. The first kappa shape index (κ1) is 9.27. The first-order chi connectivity index (χ1) is 6.77. The molecular weight excluding hydrogens is 194 g/mol. The van der Waals surface area contributed by atoms with Crippen molar-refractivity contribution in [1.29, 1.82) is 0 Å². The first-order valence-electron chi connectivity index (χ1n) is 4.34. The number of hydrogen-bond donors (Lipinski definition) is 0. The van der Waals surface area contributed by atoms with Gasteiger partial charge in [-0.05, 0) is 19.1 Å². The molecule has 0 aliphatic heterocycles. The molecule has 0 fully saturated rings. The molecule has 0 aromatic carbocycles. The van der Waals surface area contributed by atoms with Gasteiger partial charge in [0.1, 0.15) is 0 Å². The van der Waals surface area contributed by atoms with E-state index in [0.29, 0.717) is 0 Å². The van der Waals surface area contributed by atoms with E-state index in [9.17, 15) is 0 Å². The quantitative estimate of drug-likeness (QED) is 0.569. The first-order valence-corrected chi connectivity index (χ1v) is 5.33. The molecule has 0 saturated heterocycles. The number of hydrogen-bond acceptors (Lipinski definition) is 3. The molecule has 0 bridgehead atoms. The van der Waals surface area contributed by atoms with Gasteiger partial charge in [0, 0.05) is 11.9 Å². The molecule has 0 saturated carbocycles. The average Bonchev–Trinajstić information content (AvgIpc) is 2.58. The summed E-state index contributed by atoms with van der Waals surface area (Å²) in [4.78, 5) is 0. The van der Waals surface area contributed by atoms with E-state index in [1.54, 1.807) is 11.8 Å². The van der Waals surface area contributed by atoms with Gasteiger partial charge in [-0.1, -0.05) is 30.0 Å². The molecule has 0 aliphatic carbocycles. The maximum atomic E-state index is 4.10. The van der Waals surface area contributed by atoms with Crippen molar-refractivity contribution < 1.29 is 0 Å². The van der Waals surface area contributed by atoms with Crippen LogP contribution in [-0.2, 0) is 0 Å². The van der Waals surface area contributed by atoms with Crippen molar-refractivity contribution in [2.24, 2.45) is 0 Å². The maximum absolute atomic E-state index is 4.10. The molecular formula is C10H11N3S. The van der Waals surface area contributed by atoms with Crippen molar-refractivity contribution >= 4 is 17.4 Å². The summed E-state index contributed by atoms with van der Waals surface area (Å²) in [6.07, 6.45) is 1.97. The van der Waals surface area contributed by atoms with Gasteiger partial charge >= 0.3 is 0 Å². The van der Waals surface area contributed by atoms with Crippen molar-refractivity contribution in [3.63, 3.8) is 0 Å². The van der Waals surface area contributed by atoms with E-state index in [4.69, 9.17) is 0 Å². The second kappa shape index (κ2) is 3.84. The Balaban J connectivity index is 2.29. The molecule has 3 nitrogen and oxygen atoms in total. The SMILES string of the molecule is C=C(C)CSc1nnc2ccccn12. The Morgan fingerprint density at radius 3 is 3.14 bits per heavy atom. The van der Waals surface area contributed by atoms with Crippen LogP contribution >= 0.6 is 11.8 Å². The fourth-order valence-electron chi connectivity index (χ4n) is 1.11. The molecule has 0 atom stereocenters. The van der Waals surface area contributed by atoms with Crippen molar-refractivity contribution in [2.45, 2.75) is 12.1 Å². The Bertz CT molecular complexity index is 461. The second-order valence-corrected chi connectivity index (χ2v) is 4.10. The largest absolute Gasteiger partial charge is 0.277 e. The van der Waals surface area contributed by atoms with Gasteiger partial charge in [-0.2, -0.15) is 0 Å². The smallest absolute Gasteiger partial charge is 0.195 e. The molecule has 0 aliphatic rings. The molecule has 2 aromatic rings. The standard InChI is InChI=1S/C10H11N3S/c1-8(2)7-14-10-12-11-9-5-3-4-6-13(9)10/h3-6H,1,7H2,2H3. The maximum Gasteiger partial charge on any atom is 0.195 e. The van der Waals surface area contributed by atoms with Gasteiger partial charge in [0.2, 0.25) is 0 Å². The van der Waals surface area contributed by atoms with Crippen LogP contribution in [0.15, 0.2) is 41.7 Å². The highest BCUT2D eigenvalue weighted by Gasteiger charge is 2.03. The average molecular weight is 205 g/mol. The Hall–Kier alpha value is -1.29. The zero-order valence-electron chi connectivity index (χ0n) is 7.97. The van der Waals surface area contributed by atoms with Gasteiger partial charge in [-0.25, -0.2) is 0 Å². The molecule has 2 heterocycles. The topological polar surface area (TPSA) is 30.2 Å². The predicted octanol–water partition coefficient (Wildman–Crippen LogP) is 2.40. The van der Waals surface area contributed by atoms with Crippen LogP contribution in [0.3, 0.4) is 0 Å². The van der Waals surface area contributed by atoms with Gasteiger partial charge in [-0.15, -0.1) is 10.2 Å². The lowest BCUT2D eigenvalue weighted by atomic mass is 10.4. The normalized spacial score (nSPS) is 10.6. The Labute approximate surface area is 86.9 Å². The van der Waals surface area contributed by atoms with Crippen LogP contribution in [0, 0.1) is 0 Å². The molecule has 2 aromatic heterocycles. The summed E-state index contributed by atoms with van der Waals surface area (Å²) in [5, 5.41) is 9.08. The van der Waals surface area contributed by atoms with E-state index in [2.05, 4.69) is 16.8 Å². The summed E-state index contributed by atoms with van der Waals surface area (Å²) in [5.41, 5.74) is 2.03. The summed E-state index contributed by atoms with van der Waals surface area (Å²) >= 11 is 1.65. The second-order valence-electron chi connectivity index (χ2n) is 3.16. The summed E-state index contributed by atoms with van der Waals surface area (Å²) < 4.78 is 1.98. The van der Waals surface area contributed by atoms with Crippen molar-refractivity contribution in [1.82, 2.24) is 14.6 Å². The Morgan fingerprint density at radius 1 is 1.50 bits per heavy atom. The number of rotatable bonds is 3. The van der Waals surface area contributed by atoms with Gasteiger partial charge in [-0.3, -0.25) is 4.40 Å². The highest BCUT2D eigenvalue weighted by molar-refractivity contribution is 7.99. The van der Waals surface area contributed by atoms with E-state index in [1.165, 1.54) is 0 Å². The third kappa shape index (κ3) is 1.80. The van der Waals surface area contributed by atoms with Gasteiger partial charge in [0.05, 0.1) is 0 Å². The summed E-state index contributed by atoms with van der Waals surface area (Å²) in [6.45, 7) is 5.87. The molecule has 14 heavy (non-hydrogen) atoms. The van der Waals surface area contributed by atoms with Crippen LogP contribution in [0.5, 0.6) is 0 Å². The third-order valence-corrected chi connectivity index (χ3v) is 2.90. The van der Waals surface area contributed by atoms with Crippen LogP contribution in [0.25, 0.3) is 5.65 Å². The third-order valence-electron chi connectivity index (χ3n) is 1.73. The number of pyridine rings is 1. The molecule has 0 N–H and O–H groups in total. The fraction of sp³-hybridized carbons (Fsp3) is 0.200. The van der Waals surface area contributed by atoms with E-state index >= 15 is 0 Å². The van der Waals surface area contributed by atoms with E-state index in [-0.39, 0.29) is 0 Å². The van der Waals surface area contributed by atoms with Crippen molar-refractivity contribution in [2.75, 3.05) is 5.75 Å². The van der Waals surface area contributed by atoms with E-state index in [0.717, 1.165) is 22.1 Å². The monoisotopic (exact) mass is 205 g/mol. The molecule has 0 amide bonds. The van der Waals surface area contributed by atoms with Crippen LogP contribution in [-0.4, -0.2) is 20.4 Å². The van der Waals surface area contributed by atoms with Crippen LogP contribution < -0.4 is 0 Å². The summed E-state index contributed by atoms with van der Waals surface area (Å²) in [6, 6.07) is 5.87. The number of nitrogens with zero attached hydrogens (tertiary/aromatic N) is 3. The molecule has 0 spiro atoms. The van der Waals surface area contributed by atoms with Crippen molar-refractivity contribution in [3.05, 3.63) is 36.5 Å². The van der Waals surface area contributed by atoms with Crippen LogP contribution in [0.2, 0.25) is 0 Å². The van der Waals surface area contributed by atoms with Gasteiger partial charge in [0.25, 0.3) is 0 Å². The highest BCUT2D eigenvalue weighted by atomic mass is 32.2. The van der Waals surface area contributed by atoms with E-state index < -0.39 is 0 Å². The Morgan fingerprint density at radius 2 is 2.36 bits per heavy atom. The Kier molecular flexibility index (Phi) is 2.54. The summed E-state index contributed by atoms with van der Waals surface area (Å²) in [5.74, 6) is 0.885. The molecule has 72 valence electrons. The predicted molar refractivity (Wildman–Crippen MR) is 58.5 cm³/mol. The lowest BCUT2D eigenvalue weighted by molar-refractivity contribution is 0.922. The van der Waals surface area contributed by atoms with Gasteiger partial charge in [0.15, 0.2) is 10.8 Å². The minimum atomic E-state index is 0.885.